The van der Waals surface area contributed by atoms with Gasteiger partial charge in [-0.15, -0.1) is 0 Å². The molecule has 4 aliphatic rings. The second-order valence-corrected chi connectivity index (χ2v) is 6.30. The molecule has 4 saturated carbocycles. The number of carbonyl (C=O) groups excluding carboxylic acids is 1. The van der Waals surface area contributed by atoms with Crippen LogP contribution in [0, 0.1) is 23.7 Å². The van der Waals surface area contributed by atoms with Crippen molar-refractivity contribution in [2.45, 2.75) is 43.9 Å². The van der Waals surface area contributed by atoms with E-state index in [0.29, 0.717) is 24.7 Å². The molecule has 2 nitrogen and oxygen atoms in total. The number of halogens is 3. The Bertz CT molecular complexity index is 401. The molecule has 106 valence electrons. The molecule has 0 aromatic heterocycles. The van der Waals surface area contributed by atoms with Crippen molar-refractivity contribution in [2.75, 3.05) is 0 Å². The molecule has 0 saturated heterocycles. The zero-order chi connectivity index (χ0) is 13.8. The third-order valence-corrected chi connectivity index (χ3v) is 5.13. The van der Waals surface area contributed by atoms with E-state index in [1.165, 1.54) is 6.26 Å². The van der Waals surface area contributed by atoms with Gasteiger partial charge in [0.15, 0.2) is 0 Å². The summed E-state index contributed by atoms with van der Waals surface area (Å²) in [6.07, 6.45) is 0.139. The van der Waals surface area contributed by atoms with Crippen LogP contribution in [0.4, 0.5) is 13.2 Å². The summed E-state index contributed by atoms with van der Waals surface area (Å²) in [5.41, 5.74) is -0.941. The maximum Gasteiger partial charge on any atom is 0.450 e. The topological polar surface area (TPSA) is 26.3 Å². The lowest BCUT2D eigenvalue weighted by atomic mass is 9.49. The van der Waals surface area contributed by atoms with Crippen LogP contribution >= 0.6 is 0 Å². The van der Waals surface area contributed by atoms with E-state index in [9.17, 15) is 18.0 Å². The first kappa shape index (κ1) is 13.0. The van der Waals surface area contributed by atoms with E-state index < -0.39 is 23.5 Å². The molecule has 4 bridgehead atoms. The van der Waals surface area contributed by atoms with Gasteiger partial charge in [-0.05, 0) is 49.9 Å². The van der Waals surface area contributed by atoms with Gasteiger partial charge in [-0.3, -0.25) is 4.79 Å². The highest BCUT2D eigenvalue weighted by Gasteiger charge is 2.64. The van der Waals surface area contributed by atoms with Gasteiger partial charge in [0.25, 0.3) is 0 Å². The standard InChI is InChI=1S/C14H17F3O2/c1-2-19-13-6-8-3-9(7-13)5-10(4-8)11(13)12(18)14(15,16)17/h2,8-11H,1,3-7H2. The first-order chi connectivity index (χ1) is 8.86. The summed E-state index contributed by atoms with van der Waals surface area (Å²) in [6, 6.07) is 0. The van der Waals surface area contributed by atoms with Crippen LogP contribution in [0.25, 0.3) is 0 Å². The predicted octanol–water partition coefficient (Wildman–Crippen LogP) is 3.47. The maximum atomic E-state index is 12.8. The van der Waals surface area contributed by atoms with Gasteiger partial charge >= 0.3 is 6.18 Å². The van der Waals surface area contributed by atoms with Gasteiger partial charge in [0.1, 0.15) is 5.60 Å². The third-order valence-electron chi connectivity index (χ3n) is 5.13. The molecule has 3 atom stereocenters. The van der Waals surface area contributed by atoms with E-state index in [1.54, 1.807) is 0 Å². The molecule has 0 aromatic carbocycles. The highest BCUT2D eigenvalue weighted by Crippen LogP contribution is 2.61. The van der Waals surface area contributed by atoms with Crippen molar-refractivity contribution in [3.8, 4) is 0 Å². The SMILES string of the molecule is C=COC12CC3CC(CC(C3)C1C(=O)C(F)(F)F)C2. The minimum absolute atomic E-state index is 0.166. The van der Waals surface area contributed by atoms with Gasteiger partial charge in [0, 0.05) is 0 Å². The van der Waals surface area contributed by atoms with Crippen molar-refractivity contribution in [2.24, 2.45) is 23.7 Å². The lowest BCUT2D eigenvalue weighted by molar-refractivity contribution is -0.213. The molecule has 0 radical (unpaired) electrons. The third kappa shape index (κ3) is 1.89. The van der Waals surface area contributed by atoms with E-state index in [4.69, 9.17) is 4.74 Å². The summed E-state index contributed by atoms with van der Waals surface area (Å²) < 4.78 is 44.0. The van der Waals surface area contributed by atoms with Crippen LogP contribution in [-0.4, -0.2) is 17.6 Å². The van der Waals surface area contributed by atoms with Crippen LogP contribution in [0.1, 0.15) is 32.1 Å². The Balaban J connectivity index is 1.97. The molecule has 5 heteroatoms. The fourth-order valence-electron chi connectivity index (χ4n) is 4.93. The van der Waals surface area contributed by atoms with Gasteiger partial charge in [-0.2, -0.15) is 13.2 Å². The van der Waals surface area contributed by atoms with Gasteiger partial charge < -0.3 is 4.74 Å². The Labute approximate surface area is 110 Å². The molecule has 0 spiro atoms. The molecule has 4 aliphatic carbocycles. The lowest BCUT2D eigenvalue weighted by Crippen LogP contribution is -2.62. The van der Waals surface area contributed by atoms with Crippen LogP contribution in [0.5, 0.6) is 0 Å². The largest absolute Gasteiger partial charge is 0.495 e. The average molecular weight is 274 g/mol. The Kier molecular flexibility index (Phi) is 2.74. The normalized spacial score (nSPS) is 44.2. The number of Topliss-reactive ketones (excluding diaryl/α,β-unsaturated/α-hetero) is 1. The second-order valence-electron chi connectivity index (χ2n) is 6.30. The summed E-state index contributed by atoms with van der Waals surface area (Å²) in [5.74, 6) is -1.97. The molecule has 0 amide bonds. The molecule has 4 fully saturated rings. The van der Waals surface area contributed by atoms with E-state index in [2.05, 4.69) is 6.58 Å². The Hall–Kier alpha value is -1.00. The first-order valence-corrected chi connectivity index (χ1v) is 6.75. The number of carbonyl (C=O) groups is 1. The van der Waals surface area contributed by atoms with E-state index in [1.807, 2.05) is 0 Å². The Morgan fingerprint density at radius 1 is 1.21 bits per heavy atom. The van der Waals surface area contributed by atoms with Gasteiger partial charge in [-0.25, -0.2) is 0 Å². The van der Waals surface area contributed by atoms with Crippen LogP contribution < -0.4 is 0 Å². The number of alkyl halides is 3. The predicted molar refractivity (Wildman–Crippen MR) is 62.1 cm³/mol. The van der Waals surface area contributed by atoms with Crippen molar-refractivity contribution in [1.82, 2.24) is 0 Å². The van der Waals surface area contributed by atoms with Gasteiger partial charge in [-0.1, -0.05) is 6.58 Å². The molecule has 3 unspecified atom stereocenters. The summed E-state index contributed by atoms with van der Waals surface area (Å²) in [7, 11) is 0. The highest BCUT2D eigenvalue weighted by atomic mass is 19.4. The van der Waals surface area contributed by atoms with E-state index in [-0.39, 0.29) is 5.92 Å². The molecule has 0 N–H and O–H groups in total. The molecular weight excluding hydrogens is 257 g/mol. The molecule has 0 heterocycles. The number of hydrogen-bond acceptors (Lipinski definition) is 2. The van der Waals surface area contributed by atoms with Crippen LogP contribution in [0.2, 0.25) is 0 Å². The molecule has 0 aromatic rings. The summed E-state index contributed by atoms with van der Waals surface area (Å²) in [4.78, 5) is 11.8. The minimum Gasteiger partial charge on any atom is -0.495 e. The second kappa shape index (κ2) is 4.00. The summed E-state index contributed by atoms with van der Waals surface area (Å²) in [6.45, 7) is 3.48. The zero-order valence-corrected chi connectivity index (χ0v) is 10.6. The quantitative estimate of drug-likeness (QED) is 0.737. The van der Waals surface area contributed by atoms with Gasteiger partial charge in [0.05, 0.1) is 12.2 Å². The van der Waals surface area contributed by atoms with Crippen molar-refractivity contribution >= 4 is 5.78 Å². The van der Waals surface area contributed by atoms with Crippen molar-refractivity contribution in [3.63, 3.8) is 0 Å². The fraction of sp³-hybridized carbons (Fsp3) is 0.786. The Morgan fingerprint density at radius 3 is 2.26 bits per heavy atom. The number of ketones is 1. The minimum atomic E-state index is -4.77. The smallest absolute Gasteiger partial charge is 0.450 e. The molecular formula is C14H17F3O2. The van der Waals surface area contributed by atoms with E-state index in [0.717, 1.165) is 19.3 Å². The monoisotopic (exact) mass is 274 g/mol. The van der Waals surface area contributed by atoms with Crippen molar-refractivity contribution < 1.29 is 22.7 Å². The van der Waals surface area contributed by atoms with Crippen molar-refractivity contribution in [3.05, 3.63) is 12.8 Å². The van der Waals surface area contributed by atoms with Gasteiger partial charge in [0.2, 0.25) is 5.78 Å². The lowest BCUT2D eigenvalue weighted by Gasteiger charge is -2.59. The maximum absolute atomic E-state index is 12.8. The van der Waals surface area contributed by atoms with E-state index >= 15 is 0 Å². The summed E-state index contributed by atoms with van der Waals surface area (Å²) >= 11 is 0. The molecule has 4 rings (SSSR count). The molecule has 0 aliphatic heterocycles. The first-order valence-electron chi connectivity index (χ1n) is 6.75. The van der Waals surface area contributed by atoms with Crippen LogP contribution in [0.15, 0.2) is 12.8 Å². The molecule has 19 heavy (non-hydrogen) atoms. The van der Waals surface area contributed by atoms with Crippen molar-refractivity contribution in [1.29, 1.82) is 0 Å². The van der Waals surface area contributed by atoms with Crippen LogP contribution in [-0.2, 0) is 9.53 Å². The summed E-state index contributed by atoms with van der Waals surface area (Å²) in [5, 5.41) is 0. The highest BCUT2D eigenvalue weighted by molar-refractivity contribution is 5.88. The Morgan fingerprint density at radius 2 is 1.79 bits per heavy atom. The number of ether oxygens (including phenoxy) is 1. The fourth-order valence-corrected chi connectivity index (χ4v) is 4.93. The average Bonchev–Trinajstić information content (AvgIpc) is 2.25. The zero-order valence-electron chi connectivity index (χ0n) is 10.6. The number of hydrogen-bond donors (Lipinski definition) is 0. The number of rotatable bonds is 3. The van der Waals surface area contributed by atoms with Crippen LogP contribution in [0.3, 0.4) is 0 Å².